The number of aromatic nitrogens is 3. The second-order valence-electron chi connectivity index (χ2n) is 7.33. The third-order valence-electron chi connectivity index (χ3n) is 5.10. The number of aliphatic hydroxyl groups is 1. The average molecular weight is 389 g/mol. The van der Waals surface area contributed by atoms with Crippen molar-refractivity contribution in [3.8, 4) is 22.4 Å². The van der Waals surface area contributed by atoms with Crippen LogP contribution >= 0.6 is 0 Å². The zero-order valence-electron chi connectivity index (χ0n) is 16.7. The zero-order chi connectivity index (χ0) is 20.4. The molecule has 0 spiro atoms. The van der Waals surface area contributed by atoms with E-state index in [-0.39, 0.29) is 12.4 Å². The van der Waals surface area contributed by atoms with Crippen molar-refractivity contribution in [3.63, 3.8) is 0 Å². The molecule has 0 unspecified atom stereocenters. The van der Waals surface area contributed by atoms with E-state index in [0.717, 1.165) is 41.8 Å². The van der Waals surface area contributed by atoms with E-state index in [1.54, 1.807) is 16.6 Å². The second kappa shape index (κ2) is 8.13. The van der Waals surface area contributed by atoms with Crippen molar-refractivity contribution in [2.75, 3.05) is 0 Å². The van der Waals surface area contributed by atoms with Gasteiger partial charge in [0.05, 0.1) is 23.7 Å². The molecule has 4 aromatic rings. The highest BCUT2D eigenvalue weighted by Crippen LogP contribution is 2.32. The molecule has 2 heterocycles. The van der Waals surface area contributed by atoms with Gasteiger partial charge in [0.15, 0.2) is 5.65 Å². The van der Waals surface area contributed by atoms with Crippen LogP contribution in [0.25, 0.3) is 28.0 Å². The Labute approximate surface area is 169 Å². The SMILES string of the molecule is CCCCc1nn2c(-c3cccc(F)c3)cc(CO)nc2c1-c1ccc(C)cc1. The summed E-state index contributed by atoms with van der Waals surface area (Å²) < 4.78 is 15.7. The molecule has 0 aliphatic rings. The molecule has 0 atom stereocenters. The van der Waals surface area contributed by atoms with Gasteiger partial charge in [-0.25, -0.2) is 13.9 Å². The maximum atomic E-state index is 13.9. The van der Waals surface area contributed by atoms with Crippen molar-refractivity contribution in [1.29, 1.82) is 0 Å². The molecule has 2 aromatic carbocycles. The summed E-state index contributed by atoms with van der Waals surface area (Å²) in [5.41, 5.74) is 6.82. The molecule has 1 N–H and O–H groups in total. The first kappa shape index (κ1) is 19.3. The van der Waals surface area contributed by atoms with Gasteiger partial charge in [-0.05, 0) is 43.5 Å². The molecule has 4 nitrogen and oxygen atoms in total. The summed E-state index contributed by atoms with van der Waals surface area (Å²) in [5.74, 6) is -0.310. The smallest absolute Gasteiger partial charge is 0.164 e. The van der Waals surface area contributed by atoms with Crippen molar-refractivity contribution in [2.24, 2.45) is 0 Å². The second-order valence-corrected chi connectivity index (χ2v) is 7.33. The van der Waals surface area contributed by atoms with Crippen molar-refractivity contribution in [1.82, 2.24) is 14.6 Å². The molecule has 0 fully saturated rings. The van der Waals surface area contributed by atoms with Crippen molar-refractivity contribution in [3.05, 3.63) is 77.4 Å². The van der Waals surface area contributed by atoms with Crippen LogP contribution in [0.15, 0.2) is 54.6 Å². The number of fused-ring (bicyclic) bond motifs is 1. The number of halogens is 1. The maximum Gasteiger partial charge on any atom is 0.164 e. The first-order valence-electron chi connectivity index (χ1n) is 9.96. The zero-order valence-corrected chi connectivity index (χ0v) is 16.7. The Morgan fingerprint density at radius 3 is 2.52 bits per heavy atom. The molecule has 2 aromatic heterocycles. The molecule has 0 saturated carbocycles. The van der Waals surface area contributed by atoms with Crippen LogP contribution in [0.1, 0.15) is 36.7 Å². The van der Waals surface area contributed by atoms with Gasteiger partial charge in [-0.1, -0.05) is 55.3 Å². The molecular formula is C24H24FN3O. The minimum Gasteiger partial charge on any atom is -0.390 e. The number of nitrogens with zero attached hydrogens (tertiary/aromatic N) is 3. The highest BCUT2D eigenvalue weighted by molar-refractivity contribution is 5.82. The molecule has 5 heteroatoms. The number of hydrogen-bond acceptors (Lipinski definition) is 3. The van der Waals surface area contributed by atoms with Gasteiger partial charge in [0.25, 0.3) is 0 Å². The molecule has 0 bridgehead atoms. The third-order valence-corrected chi connectivity index (χ3v) is 5.10. The lowest BCUT2D eigenvalue weighted by molar-refractivity contribution is 0.277. The Bertz CT molecular complexity index is 1150. The lowest BCUT2D eigenvalue weighted by Gasteiger charge is -2.08. The fraction of sp³-hybridized carbons (Fsp3) is 0.250. The summed E-state index contributed by atoms with van der Waals surface area (Å²) in [6.07, 6.45) is 2.91. The van der Waals surface area contributed by atoms with Crippen LogP contribution in [0.4, 0.5) is 4.39 Å². The predicted octanol–water partition coefficient (Wildman–Crippen LogP) is 5.35. The highest BCUT2D eigenvalue weighted by atomic mass is 19.1. The van der Waals surface area contributed by atoms with Gasteiger partial charge in [0.1, 0.15) is 5.82 Å². The van der Waals surface area contributed by atoms with Crippen LogP contribution in [0.2, 0.25) is 0 Å². The first-order chi connectivity index (χ1) is 14.1. The number of benzene rings is 2. The van der Waals surface area contributed by atoms with E-state index in [9.17, 15) is 9.50 Å². The van der Waals surface area contributed by atoms with Crippen molar-refractivity contribution < 1.29 is 9.50 Å². The first-order valence-corrected chi connectivity index (χ1v) is 9.96. The van der Waals surface area contributed by atoms with Gasteiger partial charge in [-0.2, -0.15) is 5.10 Å². The van der Waals surface area contributed by atoms with Gasteiger partial charge < -0.3 is 5.11 Å². The molecule has 4 rings (SSSR count). The Morgan fingerprint density at radius 2 is 1.83 bits per heavy atom. The van der Waals surface area contributed by atoms with Gasteiger partial charge in [-0.15, -0.1) is 0 Å². The van der Waals surface area contributed by atoms with Crippen LogP contribution in [0.5, 0.6) is 0 Å². The molecule has 0 saturated heterocycles. The Balaban J connectivity index is 2.02. The Kier molecular flexibility index (Phi) is 5.41. The van der Waals surface area contributed by atoms with Crippen molar-refractivity contribution in [2.45, 2.75) is 39.7 Å². The van der Waals surface area contributed by atoms with Gasteiger partial charge in [-0.3, -0.25) is 0 Å². The highest BCUT2D eigenvalue weighted by Gasteiger charge is 2.19. The summed E-state index contributed by atoms with van der Waals surface area (Å²) in [5, 5.41) is 14.7. The van der Waals surface area contributed by atoms with Crippen LogP contribution in [0.3, 0.4) is 0 Å². The lowest BCUT2D eigenvalue weighted by Crippen LogP contribution is -2.01. The maximum absolute atomic E-state index is 13.9. The largest absolute Gasteiger partial charge is 0.390 e. The van der Waals surface area contributed by atoms with Gasteiger partial charge in [0, 0.05) is 11.1 Å². The molecule has 29 heavy (non-hydrogen) atoms. The minimum atomic E-state index is -0.310. The summed E-state index contributed by atoms with van der Waals surface area (Å²) >= 11 is 0. The van der Waals surface area contributed by atoms with E-state index in [4.69, 9.17) is 5.10 Å². The monoisotopic (exact) mass is 389 g/mol. The summed E-state index contributed by atoms with van der Waals surface area (Å²) in [6.45, 7) is 4.02. The predicted molar refractivity (Wildman–Crippen MR) is 113 cm³/mol. The fourth-order valence-electron chi connectivity index (χ4n) is 3.58. The number of rotatable bonds is 6. The Hall–Kier alpha value is -3.05. The Morgan fingerprint density at radius 1 is 1.03 bits per heavy atom. The minimum absolute atomic E-state index is 0.193. The van der Waals surface area contributed by atoms with E-state index in [0.29, 0.717) is 16.9 Å². The number of aryl methyl sites for hydroxylation is 2. The number of hydrogen-bond donors (Lipinski definition) is 1. The van der Waals surface area contributed by atoms with Crippen LogP contribution in [-0.4, -0.2) is 19.7 Å². The van der Waals surface area contributed by atoms with E-state index in [2.05, 4.69) is 43.1 Å². The average Bonchev–Trinajstić information content (AvgIpc) is 3.10. The topological polar surface area (TPSA) is 50.4 Å². The van der Waals surface area contributed by atoms with Crippen molar-refractivity contribution >= 4 is 5.65 Å². The number of unbranched alkanes of at least 4 members (excludes halogenated alkanes) is 1. The van der Waals surface area contributed by atoms with E-state index < -0.39 is 0 Å². The summed E-state index contributed by atoms with van der Waals surface area (Å²) in [7, 11) is 0. The quantitative estimate of drug-likeness (QED) is 0.484. The van der Waals surface area contributed by atoms with Crippen LogP contribution < -0.4 is 0 Å². The summed E-state index contributed by atoms with van der Waals surface area (Å²) in [6, 6.07) is 16.5. The number of aliphatic hydroxyl groups excluding tert-OH is 1. The van der Waals surface area contributed by atoms with E-state index in [1.165, 1.54) is 17.7 Å². The molecule has 148 valence electrons. The van der Waals surface area contributed by atoms with Gasteiger partial charge in [0.2, 0.25) is 0 Å². The van der Waals surface area contributed by atoms with Crippen LogP contribution in [0, 0.1) is 12.7 Å². The standard InChI is InChI=1S/C24H24FN3O/c1-3-4-8-21-23(17-11-9-16(2)10-12-17)24-26-20(15-29)14-22(28(24)27-21)18-6-5-7-19(25)13-18/h5-7,9-14,29H,3-4,8,15H2,1-2H3. The molecule has 0 aliphatic carbocycles. The molecule has 0 amide bonds. The summed E-state index contributed by atoms with van der Waals surface area (Å²) in [4.78, 5) is 4.69. The van der Waals surface area contributed by atoms with E-state index >= 15 is 0 Å². The van der Waals surface area contributed by atoms with Crippen LogP contribution in [-0.2, 0) is 13.0 Å². The molecular weight excluding hydrogens is 365 g/mol. The lowest BCUT2D eigenvalue weighted by atomic mass is 10.0. The molecule has 0 aliphatic heterocycles. The van der Waals surface area contributed by atoms with Gasteiger partial charge >= 0.3 is 0 Å². The fourth-order valence-corrected chi connectivity index (χ4v) is 3.58. The normalized spacial score (nSPS) is 11.3. The van der Waals surface area contributed by atoms with E-state index in [1.807, 2.05) is 6.07 Å². The third kappa shape index (κ3) is 3.78. The molecule has 0 radical (unpaired) electrons.